The Morgan fingerprint density at radius 3 is 2.60 bits per heavy atom. The Bertz CT molecular complexity index is 791. The molecule has 2 aromatic carbocycles. The van der Waals surface area contributed by atoms with Crippen molar-refractivity contribution in [1.82, 2.24) is 0 Å². The molecule has 0 bridgehead atoms. The molecule has 4 rings (SSSR count). The van der Waals surface area contributed by atoms with Gasteiger partial charge in [-0.3, -0.25) is 0 Å². The highest BCUT2D eigenvalue weighted by atomic mass is 16.7. The third-order valence-electron chi connectivity index (χ3n) is 3.68. The van der Waals surface area contributed by atoms with Gasteiger partial charge >= 0.3 is 7.12 Å². The molecule has 0 radical (unpaired) electrons. The first-order valence-electron chi connectivity index (χ1n) is 6.83. The molecule has 3 nitrogen and oxygen atoms in total. The number of hydrogen-bond donors (Lipinski definition) is 0. The highest BCUT2D eigenvalue weighted by molar-refractivity contribution is 6.62. The summed E-state index contributed by atoms with van der Waals surface area (Å²) in [6.45, 7) is 4.69. The molecule has 1 aliphatic rings. The Morgan fingerprint density at radius 2 is 1.80 bits per heavy atom. The molecule has 20 heavy (non-hydrogen) atoms. The van der Waals surface area contributed by atoms with Crippen LogP contribution >= 0.6 is 0 Å². The summed E-state index contributed by atoms with van der Waals surface area (Å²) in [4.78, 5) is 0. The number of fused-ring (bicyclic) bond motifs is 3. The monoisotopic (exact) mass is 266 g/mol. The van der Waals surface area contributed by atoms with E-state index in [-0.39, 0.29) is 12.7 Å². The molecule has 2 heterocycles. The van der Waals surface area contributed by atoms with Crippen molar-refractivity contribution in [3.05, 3.63) is 42.5 Å². The third kappa shape index (κ3) is 1.84. The lowest BCUT2D eigenvalue weighted by Crippen LogP contribution is -2.34. The third-order valence-corrected chi connectivity index (χ3v) is 3.68. The second kappa shape index (κ2) is 4.11. The van der Waals surface area contributed by atoms with Crippen LogP contribution < -0.4 is 5.46 Å². The number of rotatable bonds is 1. The van der Waals surface area contributed by atoms with Crippen LogP contribution in [-0.4, -0.2) is 19.3 Å². The van der Waals surface area contributed by atoms with Gasteiger partial charge in [0, 0.05) is 10.8 Å². The lowest BCUT2D eigenvalue weighted by Gasteiger charge is -2.15. The highest BCUT2D eigenvalue weighted by Crippen LogP contribution is 2.28. The molecule has 1 saturated heterocycles. The molecule has 1 aliphatic heterocycles. The van der Waals surface area contributed by atoms with Crippen molar-refractivity contribution in [3.8, 4) is 0 Å². The van der Waals surface area contributed by atoms with Gasteiger partial charge in [0.05, 0.1) is 12.2 Å². The van der Waals surface area contributed by atoms with Crippen LogP contribution in [0.2, 0.25) is 0 Å². The van der Waals surface area contributed by atoms with Crippen molar-refractivity contribution >= 4 is 34.5 Å². The molecule has 1 fully saturated rings. The zero-order valence-corrected chi connectivity index (χ0v) is 11.6. The zero-order valence-electron chi connectivity index (χ0n) is 11.6. The van der Waals surface area contributed by atoms with Gasteiger partial charge in [-0.25, -0.2) is 0 Å². The van der Waals surface area contributed by atoms with Crippen LogP contribution in [0.4, 0.5) is 0 Å². The van der Waals surface area contributed by atoms with E-state index in [0.29, 0.717) is 6.61 Å². The molecule has 1 aromatic heterocycles. The average Bonchev–Trinajstić information content (AvgIpc) is 2.98. The Labute approximate surface area is 117 Å². The number of benzene rings is 2. The van der Waals surface area contributed by atoms with E-state index in [9.17, 15) is 0 Å². The Morgan fingerprint density at radius 1 is 1.00 bits per heavy atom. The first kappa shape index (κ1) is 12.0. The van der Waals surface area contributed by atoms with E-state index < -0.39 is 0 Å². The Hall–Kier alpha value is -1.78. The van der Waals surface area contributed by atoms with Gasteiger partial charge in [0.1, 0.15) is 11.2 Å². The summed E-state index contributed by atoms with van der Waals surface area (Å²) < 4.78 is 17.5. The van der Waals surface area contributed by atoms with E-state index in [1.54, 1.807) is 0 Å². The standard InChI is InChI=1S/C16H15BO3/c1-16(2)10-18-17(20-16)11-7-8-15-13(9-11)12-5-3-4-6-14(12)19-15/h3-9H,10H2,1-2H3. The van der Waals surface area contributed by atoms with Gasteiger partial charge in [-0.05, 0) is 31.4 Å². The quantitative estimate of drug-likeness (QED) is 0.634. The van der Waals surface area contributed by atoms with Gasteiger partial charge in [0.2, 0.25) is 0 Å². The van der Waals surface area contributed by atoms with Gasteiger partial charge in [0.25, 0.3) is 0 Å². The largest absolute Gasteiger partial charge is 0.494 e. The van der Waals surface area contributed by atoms with Crippen LogP contribution in [0.1, 0.15) is 13.8 Å². The fourth-order valence-corrected chi connectivity index (χ4v) is 2.69. The van der Waals surface area contributed by atoms with Gasteiger partial charge in [-0.1, -0.05) is 30.3 Å². The minimum Gasteiger partial charge on any atom is -0.456 e. The van der Waals surface area contributed by atoms with Crippen molar-refractivity contribution in [2.24, 2.45) is 0 Å². The van der Waals surface area contributed by atoms with Gasteiger partial charge < -0.3 is 13.7 Å². The summed E-state index contributed by atoms with van der Waals surface area (Å²) in [6.07, 6.45) is 0. The second-order valence-corrected chi connectivity index (χ2v) is 5.87. The predicted molar refractivity (Wildman–Crippen MR) is 80.2 cm³/mol. The molecule has 0 unspecified atom stereocenters. The molecule has 0 saturated carbocycles. The van der Waals surface area contributed by atoms with Crippen LogP contribution in [0.3, 0.4) is 0 Å². The van der Waals surface area contributed by atoms with Crippen molar-refractivity contribution < 1.29 is 13.7 Å². The topological polar surface area (TPSA) is 31.6 Å². The number of para-hydroxylation sites is 1. The van der Waals surface area contributed by atoms with Crippen LogP contribution in [0.25, 0.3) is 21.9 Å². The van der Waals surface area contributed by atoms with E-state index in [1.807, 2.05) is 44.2 Å². The molecular weight excluding hydrogens is 251 g/mol. The Kier molecular flexibility index (Phi) is 2.47. The fourth-order valence-electron chi connectivity index (χ4n) is 2.69. The van der Waals surface area contributed by atoms with E-state index in [4.69, 9.17) is 13.7 Å². The number of hydrogen-bond acceptors (Lipinski definition) is 3. The van der Waals surface area contributed by atoms with Crippen LogP contribution in [0, 0.1) is 0 Å². The number of furan rings is 1. The van der Waals surface area contributed by atoms with Gasteiger partial charge in [0.15, 0.2) is 0 Å². The molecule has 0 atom stereocenters. The first-order chi connectivity index (χ1) is 9.62. The maximum absolute atomic E-state index is 5.92. The van der Waals surface area contributed by atoms with Gasteiger partial charge in [-0.15, -0.1) is 0 Å². The maximum Gasteiger partial charge on any atom is 0.494 e. The van der Waals surface area contributed by atoms with E-state index in [2.05, 4.69) is 12.1 Å². The van der Waals surface area contributed by atoms with E-state index in [0.717, 1.165) is 27.4 Å². The summed E-state index contributed by atoms with van der Waals surface area (Å²) in [7, 11) is -0.289. The Balaban J connectivity index is 1.84. The summed E-state index contributed by atoms with van der Waals surface area (Å²) >= 11 is 0. The highest BCUT2D eigenvalue weighted by Gasteiger charge is 2.38. The molecule has 0 spiro atoms. The van der Waals surface area contributed by atoms with Crippen molar-refractivity contribution in [2.45, 2.75) is 19.4 Å². The predicted octanol–water partition coefficient (Wildman–Crippen LogP) is 3.11. The summed E-state index contributed by atoms with van der Waals surface area (Å²) in [5, 5.41) is 2.23. The zero-order chi connectivity index (χ0) is 13.7. The van der Waals surface area contributed by atoms with Crippen molar-refractivity contribution in [3.63, 3.8) is 0 Å². The maximum atomic E-state index is 5.92. The van der Waals surface area contributed by atoms with Crippen molar-refractivity contribution in [1.29, 1.82) is 0 Å². The molecule has 100 valence electrons. The van der Waals surface area contributed by atoms with E-state index >= 15 is 0 Å². The smallest absolute Gasteiger partial charge is 0.456 e. The second-order valence-electron chi connectivity index (χ2n) is 5.87. The lowest BCUT2D eigenvalue weighted by molar-refractivity contribution is 0.137. The van der Waals surface area contributed by atoms with Crippen LogP contribution in [0.5, 0.6) is 0 Å². The van der Waals surface area contributed by atoms with Gasteiger partial charge in [-0.2, -0.15) is 0 Å². The van der Waals surface area contributed by atoms with Crippen LogP contribution in [-0.2, 0) is 9.31 Å². The summed E-state index contributed by atoms with van der Waals surface area (Å²) in [6, 6.07) is 14.2. The summed E-state index contributed by atoms with van der Waals surface area (Å²) in [5.74, 6) is 0. The average molecular weight is 266 g/mol. The fraction of sp³-hybridized carbons (Fsp3) is 0.250. The van der Waals surface area contributed by atoms with E-state index in [1.165, 1.54) is 0 Å². The SMILES string of the molecule is CC1(C)COB(c2ccc3oc4ccccc4c3c2)O1. The van der Waals surface area contributed by atoms with Crippen molar-refractivity contribution in [2.75, 3.05) is 6.61 Å². The molecule has 0 amide bonds. The molecule has 4 heteroatoms. The molecular formula is C16H15BO3. The summed E-state index contributed by atoms with van der Waals surface area (Å²) in [5.41, 5.74) is 2.62. The molecule has 0 aliphatic carbocycles. The molecule has 3 aromatic rings. The molecule has 0 N–H and O–H groups in total. The first-order valence-corrected chi connectivity index (χ1v) is 6.83. The lowest BCUT2D eigenvalue weighted by atomic mass is 9.78. The minimum atomic E-state index is -0.289. The van der Waals surface area contributed by atoms with Crippen LogP contribution in [0.15, 0.2) is 46.9 Å². The minimum absolute atomic E-state index is 0.224. The normalized spacial score (nSPS) is 18.2.